The highest BCUT2D eigenvalue weighted by Gasteiger charge is 2.23. The average Bonchev–Trinajstić information content (AvgIpc) is 3.60. The summed E-state index contributed by atoms with van der Waals surface area (Å²) < 4.78 is 19.5. The molecule has 4 rings (SSSR count). The van der Waals surface area contributed by atoms with Crippen molar-refractivity contribution in [2.75, 3.05) is 37.4 Å². The average molecular weight is 416 g/mol. The zero-order valence-corrected chi connectivity index (χ0v) is 17.4. The molecule has 2 fully saturated rings. The lowest BCUT2D eigenvalue weighted by Gasteiger charge is -2.29. The molecule has 2 aliphatic rings. The molecule has 162 valence electrons. The van der Waals surface area contributed by atoms with Crippen LogP contribution in [0.4, 0.5) is 16.2 Å². The Morgan fingerprint density at radius 2 is 1.87 bits per heavy atom. The Morgan fingerprint density at radius 1 is 1.07 bits per heavy atom. The Kier molecular flexibility index (Phi) is 7.01. The van der Waals surface area contributed by atoms with E-state index in [9.17, 15) is 4.39 Å². The van der Waals surface area contributed by atoms with Crippen LogP contribution in [-0.4, -0.2) is 58.8 Å². The van der Waals surface area contributed by atoms with Crippen molar-refractivity contribution in [2.24, 2.45) is 5.92 Å². The molecular weight excluding hydrogens is 385 g/mol. The molecular formula is C21H30FN7O. The van der Waals surface area contributed by atoms with Crippen LogP contribution in [0.15, 0.2) is 18.5 Å². The highest BCUT2D eigenvalue weighted by molar-refractivity contribution is 5.54. The lowest BCUT2D eigenvalue weighted by molar-refractivity contribution is 0.191. The van der Waals surface area contributed by atoms with E-state index in [-0.39, 0.29) is 17.6 Å². The van der Waals surface area contributed by atoms with Crippen molar-refractivity contribution in [1.82, 2.24) is 25.3 Å². The van der Waals surface area contributed by atoms with E-state index < -0.39 is 5.82 Å². The van der Waals surface area contributed by atoms with Crippen LogP contribution >= 0.6 is 0 Å². The summed E-state index contributed by atoms with van der Waals surface area (Å²) in [6.07, 6.45) is 9.51. The molecule has 2 saturated carbocycles. The normalized spacial score (nSPS) is 21.4. The van der Waals surface area contributed by atoms with E-state index in [1.165, 1.54) is 19.0 Å². The van der Waals surface area contributed by atoms with Gasteiger partial charge in [0.05, 0.1) is 12.8 Å². The summed E-state index contributed by atoms with van der Waals surface area (Å²) in [6.45, 7) is 2.49. The van der Waals surface area contributed by atoms with Crippen LogP contribution in [0.5, 0.6) is 0 Å². The van der Waals surface area contributed by atoms with Gasteiger partial charge in [-0.2, -0.15) is 0 Å². The molecule has 30 heavy (non-hydrogen) atoms. The summed E-state index contributed by atoms with van der Waals surface area (Å²) >= 11 is 0. The molecule has 0 aromatic carbocycles. The highest BCUT2D eigenvalue weighted by Crippen LogP contribution is 2.29. The summed E-state index contributed by atoms with van der Waals surface area (Å²) in [5.41, 5.74) is 0.123. The summed E-state index contributed by atoms with van der Waals surface area (Å²) in [4.78, 5) is 17.2. The minimum Gasteiger partial charge on any atom is -0.383 e. The second-order valence-electron chi connectivity index (χ2n) is 8.12. The number of halogens is 1. The Morgan fingerprint density at radius 3 is 2.63 bits per heavy atom. The first-order valence-electron chi connectivity index (χ1n) is 10.8. The van der Waals surface area contributed by atoms with Crippen LogP contribution in [0.1, 0.15) is 38.5 Å². The van der Waals surface area contributed by atoms with Gasteiger partial charge >= 0.3 is 0 Å². The molecule has 2 heterocycles. The number of aromatic nitrogens is 4. The van der Waals surface area contributed by atoms with Crippen LogP contribution < -0.4 is 16.0 Å². The van der Waals surface area contributed by atoms with Crippen molar-refractivity contribution >= 4 is 11.8 Å². The summed E-state index contributed by atoms with van der Waals surface area (Å²) in [5, 5.41) is 10.2. The quantitative estimate of drug-likeness (QED) is 0.510. The van der Waals surface area contributed by atoms with Gasteiger partial charge in [0.15, 0.2) is 11.6 Å². The van der Waals surface area contributed by atoms with Crippen molar-refractivity contribution in [3.05, 3.63) is 24.3 Å². The molecule has 0 spiro atoms. The van der Waals surface area contributed by atoms with Crippen molar-refractivity contribution in [1.29, 1.82) is 0 Å². The summed E-state index contributed by atoms with van der Waals surface area (Å²) in [5.74, 6) is 1.58. The fourth-order valence-corrected chi connectivity index (χ4v) is 3.73. The van der Waals surface area contributed by atoms with Crippen LogP contribution in [0.25, 0.3) is 11.5 Å². The zero-order valence-electron chi connectivity index (χ0n) is 17.4. The summed E-state index contributed by atoms with van der Waals surface area (Å²) in [7, 11) is 1.71. The Hall–Kier alpha value is -2.39. The van der Waals surface area contributed by atoms with Gasteiger partial charge in [0.2, 0.25) is 5.95 Å². The van der Waals surface area contributed by atoms with Crippen molar-refractivity contribution in [3.8, 4) is 11.5 Å². The predicted octanol–water partition coefficient (Wildman–Crippen LogP) is 2.85. The molecule has 0 aliphatic heterocycles. The number of ether oxygens (including phenoxy) is 1. The van der Waals surface area contributed by atoms with Gasteiger partial charge in [-0.1, -0.05) is 0 Å². The Bertz CT molecular complexity index is 825. The monoisotopic (exact) mass is 415 g/mol. The van der Waals surface area contributed by atoms with Gasteiger partial charge < -0.3 is 20.7 Å². The molecule has 9 heteroatoms. The third-order valence-corrected chi connectivity index (χ3v) is 5.68. The van der Waals surface area contributed by atoms with E-state index in [2.05, 4.69) is 35.9 Å². The smallest absolute Gasteiger partial charge is 0.223 e. The molecule has 3 N–H and O–H groups in total. The SMILES string of the molecule is COCCNC1CCC(Nc2ncc(F)c(-c3nccc(NCC4CC4)n3)n2)CC1. The van der Waals surface area contributed by atoms with Crippen molar-refractivity contribution in [3.63, 3.8) is 0 Å². The van der Waals surface area contributed by atoms with Gasteiger partial charge in [-0.05, 0) is 50.5 Å². The molecule has 8 nitrogen and oxygen atoms in total. The van der Waals surface area contributed by atoms with E-state index in [1.54, 1.807) is 19.4 Å². The maximum Gasteiger partial charge on any atom is 0.223 e. The first-order valence-corrected chi connectivity index (χ1v) is 10.8. The van der Waals surface area contributed by atoms with Gasteiger partial charge in [-0.3, -0.25) is 0 Å². The van der Waals surface area contributed by atoms with Crippen LogP contribution in [-0.2, 0) is 4.74 Å². The Balaban J connectivity index is 1.36. The molecule has 0 atom stereocenters. The first kappa shape index (κ1) is 20.9. The predicted molar refractivity (Wildman–Crippen MR) is 114 cm³/mol. The number of rotatable bonds is 10. The second kappa shape index (κ2) is 10.1. The lowest BCUT2D eigenvalue weighted by atomic mass is 9.91. The van der Waals surface area contributed by atoms with E-state index in [1.807, 2.05) is 0 Å². The fraction of sp³-hybridized carbons (Fsp3) is 0.619. The fourth-order valence-electron chi connectivity index (χ4n) is 3.73. The number of nitrogens with zero attached hydrogens (tertiary/aromatic N) is 4. The van der Waals surface area contributed by atoms with Gasteiger partial charge in [-0.15, -0.1) is 0 Å². The largest absolute Gasteiger partial charge is 0.383 e. The van der Waals surface area contributed by atoms with Crippen molar-refractivity contribution in [2.45, 2.75) is 50.6 Å². The van der Waals surface area contributed by atoms with E-state index in [0.29, 0.717) is 17.8 Å². The number of methoxy groups -OCH3 is 1. The number of nitrogens with one attached hydrogen (secondary N) is 3. The standard InChI is InChI=1S/C21H30FN7O/c1-30-11-10-23-15-4-6-16(7-5-15)27-21-26-13-17(22)19(29-21)20-24-9-8-18(28-20)25-12-14-2-3-14/h8-9,13-16,23H,2-7,10-12H2,1H3,(H,24,25,28)(H,26,27,29). The van der Waals surface area contributed by atoms with Gasteiger partial charge in [0.1, 0.15) is 11.5 Å². The molecule has 0 saturated heterocycles. The highest BCUT2D eigenvalue weighted by atomic mass is 19.1. The first-order chi connectivity index (χ1) is 14.7. The van der Waals surface area contributed by atoms with E-state index >= 15 is 0 Å². The molecule has 0 radical (unpaired) electrons. The third kappa shape index (κ3) is 5.82. The van der Waals surface area contributed by atoms with Gasteiger partial charge in [0, 0.05) is 38.5 Å². The summed E-state index contributed by atoms with van der Waals surface area (Å²) in [6, 6.07) is 2.59. The molecule has 0 unspecified atom stereocenters. The van der Waals surface area contributed by atoms with E-state index in [0.717, 1.165) is 51.3 Å². The number of hydrogen-bond acceptors (Lipinski definition) is 8. The molecule has 0 amide bonds. The Labute approximate surface area is 176 Å². The minimum atomic E-state index is -0.522. The van der Waals surface area contributed by atoms with Crippen LogP contribution in [0.2, 0.25) is 0 Å². The minimum absolute atomic E-state index is 0.123. The zero-order chi connectivity index (χ0) is 20.8. The molecule has 0 bridgehead atoms. The topological polar surface area (TPSA) is 96.9 Å². The molecule has 2 aliphatic carbocycles. The molecule has 2 aromatic heterocycles. The number of hydrogen-bond donors (Lipinski definition) is 3. The third-order valence-electron chi connectivity index (χ3n) is 5.68. The maximum atomic E-state index is 14.4. The molecule has 2 aromatic rings. The van der Waals surface area contributed by atoms with Gasteiger partial charge in [0.25, 0.3) is 0 Å². The van der Waals surface area contributed by atoms with Crippen LogP contribution in [0, 0.1) is 11.7 Å². The second-order valence-corrected chi connectivity index (χ2v) is 8.12. The lowest BCUT2D eigenvalue weighted by Crippen LogP contribution is -2.38. The number of anilines is 2. The van der Waals surface area contributed by atoms with E-state index in [4.69, 9.17) is 4.74 Å². The maximum absolute atomic E-state index is 14.4. The van der Waals surface area contributed by atoms with Crippen LogP contribution in [0.3, 0.4) is 0 Å². The van der Waals surface area contributed by atoms with Crippen molar-refractivity contribution < 1.29 is 9.13 Å². The van der Waals surface area contributed by atoms with Gasteiger partial charge in [-0.25, -0.2) is 24.3 Å².